The van der Waals surface area contributed by atoms with Crippen molar-refractivity contribution in [2.75, 3.05) is 0 Å². The van der Waals surface area contributed by atoms with Crippen LogP contribution in [0.5, 0.6) is 0 Å². The first-order valence-electron chi connectivity index (χ1n) is 8.10. The molecule has 1 fully saturated rings. The number of halogens is 2. The highest BCUT2D eigenvalue weighted by molar-refractivity contribution is 6.30. The molecule has 0 aliphatic heterocycles. The Kier molecular flexibility index (Phi) is 5.17. The van der Waals surface area contributed by atoms with E-state index >= 15 is 0 Å². The number of amides is 1. The number of hydrogen-bond donors (Lipinski definition) is 2. The third-order valence-corrected chi connectivity index (χ3v) is 4.39. The van der Waals surface area contributed by atoms with Crippen LogP contribution < -0.4 is 10.6 Å². The van der Waals surface area contributed by atoms with Crippen LogP contribution >= 0.6 is 11.6 Å². The van der Waals surface area contributed by atoms with Crippen molar-refractivity contribution in [3.8, 4) is 0 Å². The van der Waals surface area contributed by atoms with Gasteiger partial charge < -0.3 is 5.32 Å². The predicted octanol–water partition coefficient (Wildman–Crippen LogP) is 4.15. The standard InChI is InChI=1S/C19H20ClFN2O/c1-12(14-3-2-4-15(20)11-14)22-18(19(24)23-17-9-10-17)13-5-7-16(21)8-6-13/h2-8,11-12,17-18,22H,9-10H2,1H3,(H,23,24). The fraction of sp³-hybridized carbons (Fsp3) is 0.316. The van der Waals surface area contributed by atoms with E-state index in [0.29, 0.717) is 5.02 Å². The van der Waals surface area contributed by atoms with E-state index in [9.17, 15) is 9.18 Å². The van der Waals surface area contributed by atoms with E-state index in [1.165, 1.54) is 12.1 Å². The second-order valence-electron chi connectivity index (χ2n) is 6.21. The van der Waals surface area contributed by atoms with E-state index in [1.807, 2.05) is 31.2 Å². The quantitative estimate of drug-likeness (QED) is 0.825. The molecule has 0 heterocycles. The van der Waals surface area contributed by atoms with E-state index in [-0.39, 0.29) is 23.8 Å². The van der Waals surface area contributed by atoms with Crippen molar-refractivity contribution in [2.24, 2.45) is 0 Å². The van der Waals surface area contributed by atoms with Gasteiger partial charge in [-0.3, -0.25) is 10.1 Å². The Morgan fingerprint density at radius 3 is 2.50 bits per heavy atom. The normalized spacial score (nSPS) is 16.5. The lowest BCUT2D eigenvalue weighted by molar-refractivity contribution is -0.123. The van der Waals surface area contributed by atoms with Gasteiger partial charge in [-0.05, 0) is 55.2 Å². The summed E-state index contributed by atoms with van der Waals surface area (Å²) in [6, 6.07) is 13.2. The molecule has 3 rings (SSSR count). The SMILES string of the molecule is CC(NC(C(=O)NC1CC1)c1ccc(F)cc1)c1cccc(Cl)c1. The van der Waals surface area contributed by atoms with Gasteiger partial charge in [0, 0.05) is 17.1 Å². The number of carbonyl (C=O) groups is 1. The van der Waals surface area contributed by atoms with Crippen molar-refractivity contribution in [2.45, 2.75) is 37.9 Å². The molecular weight excluding hydrogens is 327 g/mol. The molecule has 0 bridgehead atoms. The summed E-state index contributed by atoms with van der Waals surface area (Å²) in [4.78, 5) is 12.6. The molecule has 2 atom stereocenters. The summed E-state index contributed by atoms with van der Waals surface area (Å²) in [5.41, 5.74) is 1.73. The minimum Gasteiger partial charge on any atom is -0.352 e. The summed E-state index contributed by atoms with van der Waals surface area (Å²) >= 11 is 6.05. The van der Waals surface area contributed by atoms with E-state index in [4.69, 9.17) is 11.6 Å². The highest BCUT2D eigenvalue weighted by atomic mass is 35.5. The summed E-state index contributed by atoms with van der Waals surface area (Å²) in [6.07, 6.45) is 2.04. The van der Waals surface area contributed by atoms with Gasteiger partial charge in [-0.1, -0.05) is 35.9 Å². The zero-order valence-electron chi connectivity index (χ0n) is 13.4. The Bertz CT molecular complexity index is 716. The van der Waals surface area contributed by atoms with E-state index in [1.54, 1.807) is 12.1 Å². The maximum atomic E-state index is 13.2. The molecule has 2 aromatic rings. The molecule has 1 amide bonds. The van der Waals surface area contributed by atoms with Crippen LogP contribution in [0.15, 0.2) is 48.5 Å². The van der Waals surface area contributed by atoms with Gasteiger partial charge in [0.2, 0.25) is 5.91 Å². The zero-order chi connectivity index (χ0) is 17.1. The van der Waals surface area contributed by atoms with Gasteiger partial charge in [-0.15, -0.1) is 0 Å². The molecule has 0 radical (unpaired) electrons. The van der Waals surface area contributed by atoms with Gasteiger partial charge in [0.1, 0.15) is 11.9 Å². The van der Waals surface area contributed by atoms with E-state index < -0.39 is 6.04 Å². The lowest BCUT2D eigenvalue weighted by Gasteiger charge is -2.24. The van der Waals surface area contributed by atoms with Gasteiger partial charge in [-0.25, -0.2) is 4.39 Å². The molecule has 2 aromatic carbocycles. The summed E-state index contributed by atoms with van der Waals surface area (Å²) in [5, 5.41) is 7.00. The lowest BCUT2D eigenvalue weighted by atomic mass is 10.0. The van der Waals surface area contributed by atoms with Crippen molar-refractivity contribution < 1.29 is 9.18 Å². The summed E-state index contributed by atoms with van der Waals surface area (Å²) < 4.78 is 13.2. The number of nitrogens with one attached hydrogen (secondary N) is 2. The third kappa shape index (κ3) is 4.34. The Balaban J connectivity index is 1.80. The number of hydrogen-bond acceptors (Lipinski definition) is 2. The van der Waals surface area contributed by atoms with Crippen LogP contribution in [0.2, 0.25) is 5.02 Å². The topological polar surface area (TPSA) is 41.1 Å². The van der Waals surface area contributed by atoms with Crippen LogP contribution in [0.3, 0.4) is 0 Å². The van der Waals surface area contributed by atoms with Gasteiger partial charge in [0.25, 0.3) is 0 Å². The molecule has 0 saturated heterocycles. The molecular formula is C19H20ClFN2O. The first-order valence-corrected chi connectivity index (χ1v) is 8.48. The summed E-state index contributed by atoms with van der Waals surface area (Å²) in [5.74, 6) is -0.402. The average Bonchev–Trinajstić information content (AvgIpc) is 3.37. The Hall–Kier alpha value is -1.91. The molecule has 1 saturated carbocycles. The fourth-order valence-electron chi connectivity index (χ4n) is 2.61. The monoisotopic (exact) mass is 346 g/mol. The lowest BCUT2D eigenvalue weighted by Crippen LogP contribution is -2.39. The van der Waals surface area contributed by atoms with Crippen LogP contribution in [-0.2, 0) is 4.79 Å². The Morgan fingerprint density at radius 2 is 1.88 bits per heavy atom. The second kappa shape index (κ2) is 7.32. The molecule has 0 spiro atoms. The van der Waals surface area contributed by atoms with Crippen molar-refractivity contribution in [1.82, 2.24) is 10.6 Å². The minimum absolute atomic E-state index is 0.0799. The zero-order valence-corrected chi connectivity index (χ0v) is 14.2. The fourth-order valence-corrected chi connectivity index (χ4v) is 2.81. The van der Waals surface area contributed by atoms with E-state index in [2.05, 4.69) is 10.6 Å². The third-order valence-electron chi connectivity index (χ3n) is 4.15. The Morgan fingerprint density at radius 1 is 1.17 bits per heavy atom. The summed E-state index contributed by atoms with van der Waals surface area (Å²) in [6.45, 7) is 1.98. The maximum absolute atomic E-state index is 13.2. The number of carbonyl (C=O) groups excluding carboxylic acids is 1. The summed E-state index contributed by atoms with van der Waals surface area (Å²) in [7, 11) is 0. The predicted molar refractivity (Wildman–Crippen MR) is 93.3 cm³/mol. The molecule has 1 aliphatic rings. The van der Waals surface area contributed by atoms with Crippen molar-refractivity contribution in [1.29, 1.82) is 0 Å². The molecule has 5 heteroatoms. The first-order chi connectivity index (χ1) is 11.5. The smallest absolute Gasteiger partial charge is 0.241 e. The van der Waals surface area contributed by atoms with Crippen LogP contribution in [0.1, 0.15) is 43.0 Å². The van der Waals surface area contributed by atoms with Gasteiger partial charge in [0.05, 0.1) is 0 Å². The molecule has 24 heavy (non-hydrogen) atoms. The minimum atomic E-state index is -0.541. The second-order valence-corrected chi connectivity index (χ2v) is 6.65. The average molecular weight is 347 g/mol. The first kappa shape index (κ1) is 16.9. The van der Waals surface area contributed by atoms with Crippen molar-refractivity contribution in [3.63, 3.8) is 0 Å². The molecule has 126 valence electrons. The maximum Gasteiger partial charge on any atom is 0.241 e. The van der Waals surface area contributed by atoms with E-state index in [0.717, 1.165) is 24.0 Å². The number of rotatable bonds is 6. The molecule has 1 aliphatic carbocycles. The van der Waals surface area contributed by atoms with Crippen LogP contribution in [0.4, 0.5) is 4.39 Å². The highest BCUT2D eigenvalue weighted by Gasteiger charge is 2.29. The molecule has 3 nitrogen and oxygen atoms in total. The van der Waals surface area contributed by atoms with Crippen LogP contribution in [-0.4, -0.2) is 11.9 Å². The highest BCUT2D eigenvalue weighted by Crippen LogP contribution is 2.25. The Labute approximate surface area is 146 Å². The van der Waals surface area contributed by atoms with Crippen molar-refractivity contribution >= 4 is 17.5 Å². The van der Waals surface area contributed by atoms with Crippen LogP contribution in [0.25, 0.3) is 0 Å². The van der Waals surface area contributed by atoms with Gasteiger partial charge in [-0.2, -0.15) is 0 Å². The number of benzene rings is 2. The van der Waals surface area contributed by atoms with Crippen molar-refractivity contribution in [3.05, 3.63) is 70.5 Å². The largest absolute Gasteiger partial charge is 0.352 e. The van der Waals surface area contributed by atoms with Gasteiger partial charge >= 0.3 is 0 Å². The van der Waals surface area contributed by atoms with Crippen LogP contribution in [0, 0.1) is 5.82 Å². The molecule has 0 aromatic heterocycles. The molecule has 2 N–H and O–H groups in total. The van der Waals surface area contributed by atoms with Gasteiger partial charge in [0.15, 0.2) is 0 Å². The molecule has 2 unspecified atom stereocenters.